The number of methoxy groups -OCH3 is 1. The molecule has 2 heterocycles. The Kier molecular flexibility index (Phi) is 6.12. The van der Waals surface area contributed by atoms with Crippen LogP contribution in [0.25, 0.3) is 0 Å². The van der Waals surface area contributed by atoms with Crippen LogP contribution in [0.4, 0.5) is 11.4 Å². The van der Waals surface area contributed by atoms with Crippen LogP contribution >= 0.6 is 11.8 Å². The third kappa shape index (κ3) is 4.66. The predicted molar refractivity (Wildman–Crippen MR) is 114 cm³/mol. The molecule has 0 aliphatic carbocycles. The van der Waals surface area contributed by atoms with Gasteiger partial charge in [-0.1, -0.05) is 23.9 Å². The van der Waals surface area contributed by atoms with Crippen molar-refractivity contribution in [2.75, 3.05) is 24.3 Å². The summed E-state index contributed by atoms with van der Waals surface area (Å²) < 4.78 is 6.81. The number of anilines is 1. The minimum Gasteiger partial charge on any atom is -0.497 e. The van der Waals surface area contributed by atoms with Crippen LogP contribution in [0.2, 0.25) is 0 Å². The van der Waals surface area contributed by atoms with E-state index in [1.807, 2.05) is 24.3 Å². The van der Waals surface area contributed by atoms with Crippen molar-refractivity contribution in [3.8, 4) is 5.75 Å². The summed E-state index contributed by atoms with van der Waals surface area (Å²) in [7, 11) is 1.62. The molecule has 0 atom stereocenters. The summed E-state index contributed by atoms with van der Waals surface area (Å²) in [6.07, 6.45) is 1.48. The fourth-order valence-corrected chi connectivity index (χ4v) is 4.22. The van der Waals surface area contributed by atoms with Gasteiger partial charge in [0.05, 0.1) is 24.3 Å². The molecule has 0 saturated carbocycles. The number of non-ortho nitro benzene ring substituents is 1. The van der Waals surface area contributed by atoms with Gasteiger partial charge in [0.2, 0.25) is 11.1 Å². The lowest BCUT2D eigenvalue weighted by Crippen LogP contribution is -2.36. The molecule has 1 aliphatic heterocycles. The number of aromatic nitrogens is 4. The molecule has 31 heavy (non-hydrogen) atoms. The van der Waals surface area contributed by atoms with Crippen molar-refractivity contribution >= 4 is 29.0 Å². The molecular formula is C20H20N6O4S. The molecule has 11 heteroatoms. The molecular weight excluding hydrogens is 420 g/mol. The van der Waals surface area contributed by atoms with Crippen LogP contribution in [0.5, 0.6) is 5.75 Å². The van der Waals surface area contributed by atoms with Gasteiger partial charge in [-0.15, -0.1) is 5.10 Å². The van der Waals surface area contributed by atoms with E-state index in [1.165, 1.54) is 17.8 Å². The monoisotopic (exact) mass is 440 g/mol. The number of amides is 1. The van der Waals surface area contributed by atoms with E-state index in [0.717, 1.165) is 29.0 Å². The lowest BCUT2D eigenvalue weighted by atomic mass is 10.0. The maximum atomic E-state index is 12.9. The number of aryl methyl sites for hydroxylation is 1. The number of fused-ring (bicyclic) bond motifs is 1. The van der Waals surface area contributed by atoms with Crippen molar-refractivity contribution in [2.24, 2.45) is 0 Å². The zero-order chi connectivity index (χ0) is 21.8. The first kappa shape index (κ1) is 20.8. The molecule has 0 saturated heterocycles. The van der Waals surface area contributed by atoms with E-state index in [-0.39, 0.29) is 17.3 Å². The Bertz CT molecular complexity index is 1100. The molecule has 1 amide bonds. The number of carbonyl (C=O) groups is 1. The minimum atomic E-state index is -0.417. The Morgan fingerprint density at radius 3 is 2.81 bits per heavy atom. The van der Waals surface area contributed by atoms with Crippen LogP contribution in [0.15, 0.2) is 47.6 Å². The Morgan fingerprint density at radius 2 is 2.06 bits per heavy atom. The number of benzene rings is 2. The number of hydrogen-bond donors (Lipinski definition) is 0. The average Bonchev–Trinajstić information content (AvgIpc) is 3.24. The Labute approximate surface area is 182 Å². The van der Waals surface area contributed by atoms with Gasteiger partial charge in [-0.2, -0.15) is 0 Å². The number of rotatable bonds is 7. The fourth-order valence-electron chi connectivity index (χ4n) is 3.46. The number of thioether (sulfide) groups is 1. The van der Waals surface area contributed by atoms with Crippen LogP contribution in [0.1, 0.15) is 17.5 Å². The molecule has 0 bridgehead atoms. The highest BCUT2D eigenvalue weighted by Crippen LogP contribution is 2.31. The molecule has 10 nitrogen and oxygen atoms in total. The first-order valence-corrected chi connectivity index (χ1v) is 10.6. The summed E-state index contributed by atoms with van der Waals surface area (Å²) in [5.41, 5.74) is 2.61. The predicted octanol–water partition coefficient (Wildman–Crippen LogP) is 2.71. The van der Waals surface area contributed by atoms with Crippen LogP contribution in [-0.4, -0.2) is 50.4 Å². The molecule has 0 radical (unpaired) electrons. The van der Waals surface area contributed by atoms with Gasteiger partial charge >= 0.3 is 0 Å². The molecule has 0 unspecified atom stereocenters. The smallest absolute Gasteiger partial charge is 0.269 e. The topological polar surface area (TPSA) is 116 Å². The first-order valence-electron chi connectivity index (χ1n) is 9.64. The standard InChI is InChI=1S/C20H20N6O4S/c1-30-17-7-4-14(5-8-17)12-25-20(21-22-23-25)31-13-19(27)24-10-2-3-15-11-16(26(28)29)6-9-18(15)24/h4-9,11H,2-3,10,12-13H2,1H3. The second-order valence-corrected chi connectivity index (χ2v) is 7.92. The van der Waals surface area contributed by atoms with Gasteiger partial charge in [-0.25, -0.2) is 4.68 Å². The largest absolute Gasteiger partial charge is 0.497 e. The van der Waals surface area contributed by atoms with Crippen molar-refractivity contribution in [1.29, 1.82) is 0 Å². The quantitative estimate of drug-likeness (QED) is 0.313. The number of ether oxygens (including phenoxy) is 1. The normalized spacial score (nSPS) is 13.0. The van der Waals surface area contributed by atoms with Crippen molar-refractivity contribution in [3.05, 3.63) is 63.7 Å². The number of nitrogens with zero attached hydrogens (tertiary/aromatic N) is 6. The number of tetrazole rings is 1. The second kappa shape index (κ2) is 9.13. The summed E-state index contributed by atoms with van der Waals surface area (Å²) in [5.74, 6) is 0.853. The molecule has 160 valence electrons. The SMILES string of the molecule is COc1ccc(Cn2nnnc2SCC(=O)N2CCCc3cc([N+](=O)[O-])ccc32)cc1. The van der Waals surface area contributed by atoms with Crippen molar-refractivity contribution in [2.45, 2.75) is 24.5 Å². The number of nitro benzene ring substituents is 1. The molecule has 0 N–H and O–H groups in total. The second-order valence-electron chi connectivity index (χ2n) is 6.97. The molecule has 1 aromatic heterocycles. The zero-order valence-electron chi connectivity index (χ0n) is 16.8. The van der Waals surface area contributed by atoms with E-state index in [9.17, 15) is 14.9 Å². The molecule has 2 aromatic carbocycles. The van der Waals surface area contributed by atoms with Crippen molar-refractivity contribution in [3.63, 3.8) is 0 Å². The third-order valence-corrected chi connectivity index (χ3v) is 5.95. The summed E-state index contributed by atoms with van der Waals surface area (Å²) in [4.78, 5) is 25.2. The number of hydrogen-bond acceptors (Lipinski definition) is 8. The van der Waals surface area contributed by atoms with E-state index in [0.29, 0.717) is 24.7 Å². The third-order valence-electron chi connectivity index (χ3n) is 5.01. The van der Waals surface area contributed by atoms with Crippen LogP contribution in [0.3, 0.4) is 0 Å². The maximum Gasteiger partial charge on any atom is 0.269 e. The first-order chi connectivity index (χ1) is 15.0. The van der Waals surface area contributed by atoms with Crippen LogP contribution < -0.4 is 9.64 Å². The van der Waals surface area contributed by atoms with Gasteiger partial charge in [-0.3, -0.25) is 14.9 Å². The van der Waals surface area contributed by atoms with Gasteiger partial charge in [0.1, 0.15) is 5.75 Å². The Hall–Kier alpha value is -3.47. The van der Waals surface area contributed by atoms with Gasteiger partial charge < -0.3 is 9.64 Å². The molecule has 1 aliphatic rings. The van der Waals surface area contributed by atoms with Gasteiger partial charge in [0.15, 0.2) is 0 Å². The average molecular weight is 440 g/mol. The molecule has 3 aromatic rings. The van der Waals surface area contributed by atoms with Gasteiger partial charge in [-0.05, 0) is 52.6 Å². The molecule has 0 fully saturated rings. The minimum absolute atomic E-state index is 0.0418. The fraction of sp³-hybridized carbons (Fsp3) is 0.300. The highest BCUT2D eigenvalue weighted by molar-refractivity contribution is 7.99. The molecule has 0 spiro atoms. The zero-order valence-corrected chi connectivity index (χ0v) is 17.6. The maximum absolute atomic E-state index is 12.9. The van der Waals surface area contributed by atoms with Gasteiger partial charge in [0.25, 0.3) is 5.69 Å². The van der Waals surface area contributed by atoms with E-state index in [4.69, 9.17) is 4.74 Å². The van der Waals surface area contributed by atoms with E-state index >= 15 is 0 Å². The number of carbonyl (C=O) groups excluding carboxylic acids is 1. The van der Waals surface area contributed by atoms with Crippen LogP contribution in [0, 0.1) is 10.1 Å². The van der Waals surface area contributed by atoms with E-state index < -0.39 is 4.92 Å². The van der Waals surface area contributed by atoms with Crippen molar-refractivity contribution in [1.82, 2.24) is 20.2 Å². The Balaban J connectivity index is 1.42. The summed E-state index contributed by atoms with van der Waals surface area (Å²) in [6, 6.07) is 12.3. The highest BCUT2D eigenvalue weighted by Gasteiger charge is 2.25. The van der Waals surface area contributed by atoms with Gasteiger partial charge in [0, 0.05) is 24.4 Å². The van der Waals surface area contributed by atoms with Crippen LogP contribution in [-0.2, 0) is 17.8 Å². The summed E-state index contributed by atoms with van der Waals surface area (Å²) in [6.45, 7) is 1.06. The van der Waals surface area contributed by atoms with Crippen molar-refractivity contribution < 1.29 is 14.5 Å². The lowest BCUT2D eigenvalue weighted by Gasteiger charge is -2.29. The van der Waals surface area contributed by atoms with E-state index in [2.05, 4.69) is 15.5 Å². The highest BCUT2D eigenvalue weighted by atomic mass is 32.2. The van der Waals surface area contributed by atoms with E-state index in [1.54, 1.807) is 28.8 Å². The summed E-state index contributed by atoms with van der Waals surface area (Å²) in [5, 5.41) is 23.4. The number of nitro groups is 1. The lowest BCUT2D eigenvalue weighted by molar-refractivity contribution is -0.384. The Morgan fingerprint density at radius 1 is 1.26 bits per heavy atom. The summed E-state index contributed by atoms with van der Waals surface area (Å²) >= 11 is 1.27. The molecule has 4 rings (SSSR count).